The molecule has 0 amide bonds. The van der Waals surface area contributed by atoms with Crippen LogP contribution in [0.25, 0.3) is 10.9 Å². The van der Waals surface area contributed by atoms with Crippen molar-refractivity contribution < 1.29 is 24.2 Å². The van der Waals surface area contributed by atoms with E-state index in [1.807, 2.05) is 26.0 Å². The Morgan fingerprint density at radius 3 is 2.35 bits per heavy atom. The van der Waals surface area contributed by atoms with Crippen LogP contribution in [-0.4, -0.2) is 65.8 Å². The van der Waals surface area contributed by atoms with E-state index < -0.39 is 29.1 Å². The molecule has 51 heavy (non-hydrogen) atoms. The fourth-order valence-electron chi connectivity index (χ4n) is 7.32. The number of piperazine rings is 1. The molecular weight excluding hydrogens is 689 g/mol. The van der Waals surface area contributed by atoms with E-state index in [-0.39, 0.29) is 11.8 Å². The van der Waals surface area contributed by atoms with Gasteiger partial charge in [-0.3, -0.25) is 19.1 Å². The Hall–Kier alpha value is -3.27. The zero-order chi connectivity index (χ0) is 37.2. The molecule has 2 heterocycles. The van der Waals surface area contributed by atoms with Gasteiger partial charge in [0.1, 0.15) is 5.75 Å². The first-order valence-electron chi connectivity index (χ1n) is 18.4. The third-order valence-electron chi connectivity index (χ3n) is 10.1. The van der Waals surface area contributed by atoms with Crippen molar-refractivity contribution in [2.45, 2.75) is 98.6 Å². The minimum atomic E-state index is -1.81. The molecule has 280 valence electrons. The molecule has 0 bridgehead atoms. The van der Waals surface area contributed by atoms with Crippen molar-refractivity contribution in [2.24, 2.45) is 10.8 Å². The first-order valence-corrected chi connectivity index (χ1v) is 19.1. The SMILES string of the molecule is CCCCCC(C)(CC)CC(C)(C)CC(=O)OC(C(=O)O)n1c(=O)ccc2ccc(OCCCCN3CCN(c4cccc(Cl)c4Cl)CC3)cc21. The maximum atomic E-state index is 13.3. The van der Waals surface area contributed by atoms with Gasteiger partial charge in [0, 0.05) is 38.3 Å². The molecule has 1 aliphatic rings. The summed E-state index contributed by atoms with van der Waals surface area (Å²) in [6, 6.07) is 13.9. The quantitative estimate of drug-likeness (QED) is 0.0958. The second-order valence-electron chi connectivity index (χ2n) is 15.0. The van der Waals surface area contributed by atoms with E-state index >= 15 is 0 Å². The molecule has 1 aliphatic heterocycles. The summed E-state index contributed by atoms with van der Waals surface area (Å²) < 4.78 is 12.7. The van der Waals surface area contributed by atoms with Gasteiger partial charge in [-0.25, -0.2) is 4.79 Å². The number of rotatable bonds is 19. The largest absolute Gasteiger partial charge is 0.494 e. The minimum Gasteiger partial charge on any atom is -0.494 e. The summed E-state index contributed by atoms with van der Waals surface area (Å²) in [4.78, 5) is 43.6. The molecule has 2 aromatic carbocycles. The maximum Gasteiger partial charge on any atom is 0.367 e. The van der Waals surface area contributed by atoms with E-state index in [0.29, 0.717) is 33.3 Å². The normalized spacial score (nSPS) is 15.8. The molecule has 2 unspecified atom stereocenters. The van der Waals surface area contributed by atoms with Crippen molar-refractivity contribution in [2.75, 3.05) is 44.2 Å². The zero-order valence-corrected chi connectivity index (χ0v) is 32.4. The summed E-state index contributed by atoms with van der Waals surface area (Å²) in [6.07, 6.45) is 6.32. The van der Waals surface area contributed by atoms with Crippen LogP contribution in [0.15, 0.2) is 53.3 Å². The molecule has 2 atom stereocenters. The number of carboxylic acids is 1. The highest BCUT2D eigenvalue weighted by atomic mass is 35.5. The number of benzene rings is 2. The van der Waals surface area contributed by atoms with Gasteiger partial charge in [-0.2, -0.15) is 0 Å². The molecule has 0 radical (unpaired) electrons. The molecule has 4 rings (SSSR count). The number of carbonyl (C=O) groups is 2. The van der Waals surface area contributed by atoms with Gasteiger partial charge in [0.15, 0.2) is 0 Å². The molecule has 1 fully saturated rings. The highest BCUT2D eigenvalue weighted by molar-refractivity contribution is 6.43. The van der Waals surface area contributed by atoms with E-state index in [1.165, 1.54) is 12.5 Å². The van der Waals surface area contributed by atoms with Crippen LogP contribution in [0.4, 0.5) is 5.69 Å². The first-order chi connectivity index (χ1) is 24.3. The monoisotopic (exact) mass is 743 g/mol. The van der Waals surface area contributed by atoms with Gasteiger partial charge in [-0.1, -0.05) is 89.6 Å². The average molecular weight is 745 g/mol. The molecule has 1 N–H and O–H groups in total. The number of halogens is 2. The predicted molar refractivity (Wildman–Crippen MR) is 206 cm³/mol. The second-order valence-corrected chi connectivity index (χ2v) is 15.8. The lowest BCUT2D eigenvalue weighted by Crippen LogP contribution is -2.46. The Morgan fingerprint density at radius 2 is 1.67 bits per heavy atom. The van der Waals surface area contributed by atoms with Crippen LogP contribution in [0.2, 0.25) is 10.0 Å². The third-order valence-corrected chi connectivity index (χ3v) is 10.9. The lowest BCUT2D eigenvalue weighted by molar-refractivity contribution is -0.172. The Morgan fingerprint density at radius 1 is 0.941 bits per heavy atom. The number of unbranched alkanes of at least 4 members (excludes halogenated alkanes) is 3. The fraction of sp³-hybridized carbons (Fsp3) is 0.575. The van der Waals surface area contributed by atoms with Crippen LogP contribution in [-0.2, 0) is 14.3 Å². The van der Waals surface area contributed by atoms with Crippen molar-refractivity contribution in [3.63, 3.8) is 0 Å². The van der Waals surface area contributed by atoms with Crippen LogP contribution >= 0.6 is 23.2 Å². The van der Waals surface area contributed by atoms with E-state index in [1.54, 1.807) is 30.3 Å². The molecule has 0 saturated carbocycles. The number of hydrogen-bond donors (Lipinski definition) is 1. The number of carbonyl (C=O) groups excluding carboxylic acids is 1. The Balaban J connectivity index is 1.34. The first kappa shape index (κ1) is 40.5. The van der Waals surface area contributed by atoms with E-state index in [9.17, 15) is 19.5 Å². The Bertz CT molecular complexity index is 1690. The van der Waals surface area contributed by atoms with E-state index in [0.717, 1.165) is 87.9 Å². The van der Waals surface area contributed by atoms with Crippen molar-refractivity contribution in [3.05, 3.63) is 68.9 Å². The molecular formula is C40H55Cl2N3O6. The molecule has 3 aromatic rings. The molecule has 9 nitrogen and oxygen atoms in total. The lowest BCUT2D eigenvalue weighted by Gasteiger charge is -2.37. The summed E-state index contributed by atoms with van der Waals surface area (Å²) in [6.45, 7) is 15.7. The van der Waals surface area contributed by atoms with Gasteiger partial charge in [0.2, 0.25) is 0 Å². The topological polar surface area (TPSA) is 101 Å². The molecule has 0 aliphatic carbocycles. The van der Waals surface area contributed by atoms with Gasteiger partial charge < -0.3 is 19.5 Å². The number of carboxylic acid groups (broad SMARTS) is 1. The molecule has 1 saturated heterocycles. The van der Waals surface area contributed by atoms with Crippen LogP contribution in [0.3, 0.4) is 0 Å². The fourth-order valence-corrected chi connectivity index (χ4v) is 7.74. The highest BCUT2D eigenvalue weighted by Gasteiger charge is 2.35. The van der Waals surface area contributed by atoms with Crippen molar-refractivity contribution >= 4 is 51.7 Å². The predicted octanol–water partition coefficient (Wildman–Crippen LogP) is 9.22. The average Bonchev–Trinajstić information content (AvgIpc) is 3.08. The Kier molecular flexibility index (Phi) is 14.7. The van der Waals surface area contributed by atoms with Crippen LogP contribution in [0, 0.1) is 10.8 Å². The number of anilines is 1. The minimum absolute atomic E-state index is 0.0416. The zero-order valence-electron chi connectivity index (χ0n) is 30.9. The van der Waals surface area contributed by atoms with Crippen LogP contribution in [0.1, 0.15) is 98.6 Å². The number of hydrogen-bond acceptors (Lipinski definition) is 7. The van der Waals surface area contributed by atoms with Gasteiger partial charge in [0.25, 0.3) is 11.8 Å². The van der Waals surface area contributed by atoms with Crippen LogP contribution < -0.4 is 15.2 Å². The highest BCUT2D eigenvalue weighted by Crippen LogP contribution is 2.42. The number of aromatic nitrogens is 1. The lowest BCUT2D eigenvalue weighted by atomic mass is 9.69. The second kappa shape index (κ2) is 18.5. The number of pyridine rings is 1. The van der Waals surface area contributed by atoms with Crippen molar-refractivity contribution in [1.29, 1.82) is 0 Å². The van der Waals surface area contributed by atoms with Gasteiger partial charge >= 0.3 is 11.9 Å². The third kappa shape index (κ3) is 11.4. The van der Waals surface area contributed by atoms with Gasteiger partial charge in [-0.15, -0.1) is 0 Å². The van der Waals surface area contributed by atoms with E-state index in [2.05, 4.69) is 30.6 Å². The Labute approximate surface area is 312 Å². The summed E-state index contributed by atoms with van der Waals surface area (Å²) in [5.41, 5.74) is 0.370. The number of esters is 1. The molecule has 0 spiro atoms. The number of aliphatic carboxylic acids is 1. The maximum absolute atomic E-state index is 13.3. The summed E-state index contributed by atoms with van der Waals surface area (Å²) >= 11 is 12.6. The van der Waals surface area contributed by atoms with Crippen molar-refractivity contribution in [3.8, 4) is 5.75 Å². The standard InChI is InChI=1S/C40H55Cl2N3O6/c1-6-8-9-19-40(5,7-2)28-39(3,4)27-35(47)51-37(38(48)49)45-33-26-30(17-15-29(33)16-18-34(45)46)50-25-11-10-20-43-21-23-44(24-22-43)32-14-12-13-31(41)36(32)42/h12-18,26,37H,6-11,19-25,27-28H2,1-5H3,(H,48,49). The summed E-state index contributed by atoms with van der Waals surface area (Å²) in [7, 11) is 0. The number of nitrogens with zero attached hydrogens (tertiary/aromatic N) is 3. The van der Waals surface area contributed by atoms with Crippen LogP contribution in [0.5, 0.6) is 5.75 Å². The molecule has 1 aromatic heterocycles. The number of ether oxygens (including phenoxy) is 2. The van der Waals surface area contributed by atoms with Gasteiger partial charge in [-0.05, 0) is 78.8 Å². The summed E-state index contributed by atoms with van der Waals surface area (Å²) in [5.74, 6) is -1.56. The van der Waals surface area contributed by atoms with Gasteiger partial charge in [0.05, 0.1) is 34.3 Å². The smallest absolute Gasteiger partial charge is 0.367 e. The molecule has 11 heteroatoms. The number of fused-ring (bicyclic) bond motifs is 1. The van der Waals surface area contributed by atoms with E-state index in [4.69, 9.17) is 32.7 Å². The summed E-state index contributed by atoms with van der Waals surface area (Å²) in [5, 5.41) is 12.0. The van der Waals surface area contributed by atoms with Crippen molar-refractivity contribution in [1.82, 2.24) is 9.47 Å².